The van der Waals surface area contributed by atoms with Gasteiger partial charge < -0.3 is 8.61 Å². The molecule has 0 aliphatic rings. The van der Waals surface area contributed by atoms with E-state index in [0.717, 1.165) is 10.4 Å². The molecule has 0 aliphatic carbocycles. The van der Waals surface area contributed by atoms with Gasteiger partial charge in [-0.25, -0.2) is 0 Å². The normalized spacial score (nSPS) is 14.0. The molecular weight excluding hydrogens is 505 g/mol. The van der Waals surface area contributed by atoms with Gasteiger partial charge in [-0.1, -0.05) is 100 Å². The van der Waals surface area contributed by atoms with Crippen LogP contribution in [0.15, 0.2) is 96.8 Å². The fourth-order valence-corrected chi connectivity index (χ4v) is 8.99. The van der Waals surface area contributed by atoms with Crippen LogP contribution in [0.1, 0.15) is 40.5 Å². The minimum Gasteiger partial charge on any atom is -0.407 e. The van der Waals surface area contributed by atoms with Gasteiger partial charge in [0.05, 0.1) is 0 Å². The lowest BCUT2D eigenvalue weighted by atomic mass is 10.2. The predicted octanol–water partition coefficient (Wildman–Crippen LogP) is 6.23. The third kappa shape index (κ3) is 6.99. The van der Waals surface area contributed by atoms with Gasteiger partial charge in [-0.3, -0.25) is 0 Å². The molecule has 0 amide bonds. The number of hydrogen-bond donors (Lipinski definition) is 0. The predicted molar refractivity (Wildman–Crippen MR) is 141 cm³/mol. The molecule has 196 valence electrons. The third-order valence-electron chi connectivity index (χ3n) is 5.70. The van der Waals surface area contributed by atoms with E-state index in [2.05, 4.69) is 55.8 Å². The molecule has 0 N–H and O–H groups in total. The van der Waals surface area contributed by atoms with Crippen molar-refractivity contribution in [2.75, 3.05) is 6.61 Å². The van der Waals surface area contributed by atoms with Crippen molar-refractivity contribution in [3.05, 3.63) is 96.8 Å². The van der Waals surface area contributed by atoms with Crippen LogP contribution in [0.2, 0.25) is 5.04 Å². The highest BCUT2D eigenvalue weighted by atomic mass is 32.2. The van der Waals surface area contributed by atoms with Crippen LogP contribution in [0.3, 0.4) is 0 Å². The van der Waals surface area contributed by atoms with E-state index in [0.29, 0.717) is 19.4 Å². The van der Waals surface area contributed by atoms with Crippen LogP contribution in [-0.2, 0) is 18.7 Å². The molecule has 0 bridgehead atoms. The van der Waals surface area contributed by atoms with Crippen molar-refractivity contribution in [2.45, 2.75) is 51.1 Å². The molecule has 0 unspecified atom stereocenters. The van der Waals surface area contributed by atoms with E-state index in [1.807, 2.05) is 36.4 Å². The monoisotopic (exact) mass is 538 g/mol. The van der Waals surface area contributed by atoms with Crippen LogP contribution in [-0.4, -0.2) is 28.9 Å². The summed E-state index contributed by atoms with van der Waals surface area (Å²) in [6.07, 6.45) is 5.05. The van der Waals surface area contributed by atoms with Crippen molar-refractivity contribution < 1.29 is 30.2 Å². The molecule has 2 aromatic rings. The molecule has 0 saturated carbocycles. The van der Waals surface area contributed by atoms with Gasteiger partial charge >= 0.3 is 15.6 Å². The van der Waals surface area contributed by atoms with E-state index >= 15 is 0 Å². The summed E-state index contributed by atoms with van der Waals surface area (Å²) in [5, 5.41) is 2.12. The second-order valence-electron chi connectivity index (χ2n) is 9.29. The Morgan fingerprint density at radius 2 is 1.47 bits per heavy atom. The number of alkyl halides is 3. The topological polar surface area (TPSA) is 52.6 Å². The van der Waals surface area contributed by atoms with Gasteiger partial charge in [0.15, 0.2) is 0 Å². The Hall–Kier alpha value is -2.62. The minimum absolute atomic E-state index is 0.169. The number of unbranched alkanes of at least 4 members (excludes halogenated alkanes) is 1. The first kappa shape index (κ1) is 29.6. The van der Waals surface area contributed by atoms with E-state index < -0.39 is 29.7 Å². The maximum Gasteiger partial charge on any atom is 0.534 e. The van der Waals surface area contributed by atoms with E-state index in [1.165, 1.54) is 19.1 Å². The maximum absolute atomic E-state index is 12.7. The molecule has 0 aliphatic heterocycles. The van der Waals surface area contributed by atoms with Crippen molar-refractivity contribution in [3.63, 3.8) is 0 Å². The van der Waals surface area contributed by atoms with Crippen LogP contribution >= 0.6 is 0 Å². The lowest BCUT2D eigenvalue weighted by Gasteiger charge is -2.43. The van der Waals surface area contributed by atoms with Gasteiger partial charge in [0, 0.05) is 6.61 Å². The molecule has 36 heavy (non-hydrogen) atoms. The van der Waals surface area contributed by atoms with Gasteiger partial charge in [-0.2, -0.15) is 21.6 Å². The Morgan fingerprint density at radius 3 is 1.89 bits per heavy atom. The highest BCUT2D eigenvalue weighted by Crippen LogP contribution is 2.37. The Morgan fingerprint density at radius 1 is 0.972 bits per heavy atom. The molecule has 0 spiro atoms. The van der Waals surface area contributed by atoms with Crippen LogP contribution in [0, 0.1) is 0 Å². The number of hydrogen-bond acceptors (Lipinski definition) is 4. The molecule has 0 heterocycles. The maximum atomic E-state index is 12.7. The average molecular weight is 539 g/mol. The standard InChI is InChI=1S/C27H33F3O4SSi/c1-6-22(2)25(34-35(31,32)27(28,29)30)20-14-9-15-21-33-36(26(3,4)5,23-16-10-7-11-17-23)24-18-12-8-13-19-24/h6-8,10-14,16-20H,1,9,15,21H2,2-5H3/b20-14+,25-22-. The lowest BCUT2D eigenvalue weighted by Crippen LogP contribution is -2.66. The lowest BCUT2D eigenvalue weighted by molar-refractivity contribution is -0.0520. The fraction of sp³-hybridized carbons (Fsp3) is 0.333. The van der Waals surface area contributed by atoms with Crippen LogP contribution < -0.4 is 10.4 Å². The van der Waals surface area contributed by atoms with Gasteiger partial charge in [0.2, 0.25) is 0 Å². The summed E-state index contributed by atoms with van der Waals surface area (Å²) in [6, 6.07) is 20.3. The Balaban J connectivity index is 2.21. The van der Waals surface area contributed by atoms with E-state index in [9.17, 15) is 21.6 Å². The number of allylic oxidation sites excluding steroid dienone is 4. The molecule has 0 fully saturated rings. The first-order valence-corrected chi connectivity index (χ1v) is 14.8. The number of benzene rings is 2. The molecule has 4 nitrogen and oxygen atoms in total. The zero-order valence-electron chi connectivity index (χ0n) is 21.0. The molecule has 2 aromatic carbocycles. The highest BCUT2D eigenvalue weighted by Gasteiger charge is 2.50. The van der Waals surface area contributed by atoms with E-state index in [1.54, 1.807) is 6.08 Å². The number of rotatable bonds is 11. The zero-order valence-corrected chi connectivity index (χ0v) is 22.8. The summed E-state index contributed by atoms with van der Waals surface area (Å²) in [6.45, 7) is 11.8. The van der Waals surface area contributed by atoms with E-state index in [-0.39, 0.29) is 10.6 Å². The van der Waals surface area contributed by atoms with Crippen molar-refractivity contribution in [2.24, 2.45) is 0 Å². The van der Waals surface area contributed by atoms with Crippen molar-refractivity contribution in [1.82, 2.24) is 0 Å². The van der Waals surface area contributed by atoms with Crippen molar-refractivity contribution in [3.8, 4) is 0 Å². The van der Waals surface area contributed by atoms with Crippen molar-refractivity contribution in [1.29, 1.82) is 0 Å². The van der Waals surface area contributed by atoms with Crippen molar-refractivity contribution >= 4 is 28.8 Å². The van der Waals surface area contributed by atoms with E-state index in [4.69, 9.17) is 4.43 Å². The first-order valence-electron chi connectivity index (χ1n) is 11.5. The number of halogens is 3. The van der Waals surface area contributed by atoms with Gasteiger partial charge in [0.1, 0.15) is 5.76 Å². The molecular formula is C27H33F3O4SSi. The van der Waals surface area contributed by atoms with Gasteiger partial charge in [-0.15, -0.1) is 0 Å². The largest absolute Gasteiger partial charge is 0.534 e. The van der Waals surface area contributed by atoms with Gasteiger partial charge in [-0.05, 0) is 46.8 Å². The Labute approximate surface area is 213 Å². The Bertz CT molecular complexity index is 1130. The Kier molecular flexibility index (Phi) is 9.93. The second kappa shape index (κ2) is 12.1. The summed E-state index contributed by atoms with van der Waals surface area (Å²) in [4.78, 5) is 0. The quantitative estimate of drug-likeness (QED) is 0.0851. The van der Waals surface area contributed by atoms with Crippen LogP contribution in [0.25, 0.3) is 0 Å². The molecule has 0 radical (unpaired) electrons. The molecule has 9 heteroatoms. The van der Waals surface area contributed by atoms with Gasteiger partial charge in [0.25, 0.3) is 8.32 Å². The summed E-state index contributed by atoms with van der Waals surface area (Å²) < 4.78 is 72.2. The third-order valence-corrected chi connectivity index (χ3v) is 11.7. The smallest absolute Gasteiger partial charge is 0.407 e. The van der Waals surface area contributed by atoms with Crippen LogP contribution in [0.5, 0.6) is 0 Å². The van der Waals surface area contributed by atoms with Crippen LogP contribution in [0.4, 0.5) is 13.2 Å². The fourth-order valence-electron chi connectivity index (χ4n) is 3.87. The minimum atomic E-state index is -5.77. The molecule has 0 atom stereocenters. The molecule has 0 saturated heterocycles. The average Bonchev–Trinajstić information content (AvgIpc) is 2.82. The summed E-state index contributed by atoms with van der Waals surface area (Å²) in [7, 11) is -8.46. The second-order valence-corrected chi connectivity index (χ2v) is 15.1. The molecule has 2 rings (SSSR count). The first-order chi connectivity index (χ1) is 16.8. The summed E-state index contributed by atoms with van der Waals surface area (Å²) >= 11 is 0. The SMILES string of the molecule is C=C/C(C)=C(/C=C/CCCO[Si](c1ccccc1)(c1ccccc1)C(C)(C)C)OS(=O)(=O)C(F)(F)F. The summed E-state index contributed by atoms with van der Waals surface area (Å²) in [5.41, 5.74) is -5.35. The molecule has 0 aromatic heterocycles. The summed E-state index contributed by atoms with van der Waals surface area (Å²) in [5.74, 6) is -0.421. The zero-order chi connectivity index (χ0) is 27.0. The highest BCUT2D eigenvalue weighted by molar-refractivity contribution is 7.87.